The number of morpholine rings is 1. The van der Waals surface area contributed by atoms with Crippen LogP contribution >= 0.6 is 11.6 Å². The number of hydrogen-bond donors (Lipinski definition) is 0. The third-order valence-electron chi connectivity index (χ3n) is 4.78. The van der Waals surface area contributed by atoms with E-state index in [1.165, 1.54) is 0 Å². The van der Waals surface area contributed by atoms with Gasteiger partial charge in [-0.1, -0.05) is 19.3 Å². The van der Waals surface area contributed by atoms with Gasteiger partial charge in [0.25, 0.3) is 0 Å². The average molecular weight is 294 g/mol. The molecule has 3 rings (SSSR count). The summed E-state index contributed by atoms with van der Waals surface area (Å²) >= 11 is 6.31. The van der Waals surface area contributed by atoms with Gasteiger partial charge < -0.3 is 4.74 Å². The van der Waals surface area contributed by atoms with E-state index in [-0.39, 0.29) is 10.8 Å². The highest BCUT2D eigenvalue weighted by Gasteiger charge is 2.68. The zero-order valence-electron chi connectivity index (χ0n) is 10.5. The molecule has 0 bridgehead atoms. The average Bonchev–Trinajstić information content (AvgIpc) is 2.61. The number of halogens is 1. The molecule has 2 saturated heterocycles. The molecule has 0 N–H and O–H groups in total. The molecule has 2 heterocycles. The summed E-state index contributed by atoms with van der Waals surface area (Å²) in [6.07, 6.45) is 4.93. The number of sulfone groups is 1. The molecule has 2 aliphatic heterocycles. The van der Waals surface area contributed by atoms with Gasteiger partial charge in [0, 0.05) is 13.1 Å². The molecule has 3 atom stereocenters. The van der Waals surface area contributed by atoms with Crippen LogP contribution < -0.4 is 0 Å². The fourth-order valence-electron chi connectivity index (χ4n) is 3.88. The van der Waals surface area contributed by atoms with Crippen molar-refractivity contribution in [1.82, 2.24) is 4.90 Å². The van der Waals surface area contributed by atoms with Crippen molar-refractivity contribution in [2.24, 2.45) is 0 Å². The lowest BCUT2D eigenvalue weighted by Crippen LogP contribution is -2.76. The Kier molecular flexibility index (Phi) is 3.37. The molecule has 4 nitrogen and oxygen atoms in total. The van der Waals surface area contributed by atoms with E-state index in [0.717, 1.165) is 45.2 Å². The molecule has 0 aromatic rings. The van der Waals surface area contributed by atoms with Gasteiger partial charge in [0.2, 0.25) is 0 Å². The number of rotatable bonds is 1. The zero-order chi connectivity index (χ0) is 12.8. The predicted octanol–water partition coefficient (Wildman–Crippen LogP) is 1.38. The van der Waals surface area contributed by atoms with Crippen LogP contribution in [-0.4, -0.2) is 55.1 Å². The summed E-state index contributed by atoms with van der Waals surface area (Å²) in [4.78, 5) is 2.30. The largest absolute Gasteiger partial charge is 0.379 e. The van der Waals surface area contributed by atoms with Crippen LogP contribution in [0.3, 0.4) is 0 Å². The summed E-state index contributed by atoms with van der Waals surface area (Å²) in [5, 5.41) is -0.243. The summed E-state index contributed by atoms with van der Waals surface area (Å²) in [5.41, 5.74) is -0.305. The van der Waals surface area contributed by atoms with Crippen molar-refractivity contribution in [3.05, 3.63) is 0 Å². The van der Waals surface area contributed by atoms with Crippen LogP contribution in [0.4, 0.5) is 0 Å². The van der Waals surface area contributed by atoms with Crippen molar-refractivity contribution >= 4 is 21.4 Å². The highest BCUT2D eigenvalue weighted by molar-refractivity contribution is 7.95. The molecule has 3 fully saturated rings. The van der Waals surface area contributed by atoms with E-state index in [4.69, 9.17) is 16.3 Å². The standard InChI is InChI=1S/C12H20ClNO3S/c13-11-12(14-6-8-17-9-7-14)5-3-1-2-4-10(12)18(11,15)16/h10-11H,1-9H2/t10-,11+,12-/m0/s1. The van der Waals surface area contributed by atoms with Crippen molar-refractivity contribution in [2.45, 2.75) is 47.6 Å². The molecule has 3 aliphatic rings. The topological polar surface area (TPSA) is 46.6 Å². The van der Waals surface area contributed by atoms with Crippen LogP contribution in [0.2, 0.25) is 0 Å². The van der Waals surface area contributed by atoms with Crippen molar-refractivity contribution in [3.63, 3.8) is 0 Å². The number of ether oxygens (including phenoxy) is 1. The van der Waals surface area contributed by atoms with Crippen molar-refractivity contribution in [3.8, 4) is 0 Å². The summed E-state index contributed by atoms with van der Waals surface area (Å²) < 4.78 is 29.1. The zero-order valence-corrected chi connectivity index (χ0v) is 12.0. The van der Waals surface area contributed by atoms with Crippen LogP contribution in [0.5, 0.6) is 0 Å². The van der Waals surface area contributed by atoms with Gasteiger partial charge in [0.15, 0.2) is 14.5 Å². The highest BCUT2D eigenvalue weighted by Crippen LogP contribution is 2.53. The minimum atomic E-state index is -3.11. The fourth-order valence-corrected chi connectivity index (χ4v) is 7.25. The maximum absolute atomic E-state index is 12.2. The molecular weight excluding hydrogens is 274 g/mol. The molecule has 0 aromatic heterocycles. The Bertz CT molecular complexity index is 421. The van der Waals surface area contributed by atoms with Gasteiger partial charge in [0.1, 0.15) is 0 Å². The van der Waals surface area contributed by atoms with Crippen molar-refractivity contribution < 1.29 is 13.2 Å². The van der Waals surface area contributed by atoms with E-state index in [9.17, 15) is 8.42 Å². The molecule has 0 unspecified atom stereocenters. The first-order chi connectivity index (χ1) is 8.60. The lowest BCUT2D eigenvalue weighted by molar-refractivity contribution is -0.0303. The number of alkyl halides is 1. The van der Waals surface area contributed by atoms with Crippen molar-refractivity contribution in [1.29, 1.82) is 0 Å². The minimum Gasteiger partial charge on any atom is -0.379 e. The molecule has 18 heavy (non-hydrogen) atoms. The second-order valence-electron chi connectivity index (χ2n) is 5.58. The monoisotopic (exact) mass is 293 g/mol. The summed E-state index contributed by atoms with van der Waals surface area (Å²) in [6, 6.07) is 0. The molecule has 0 aromatic carbocycles. The lowest BCUT2D eigenvalue weighted by Gasteiger charge is -2.58. The third kappa shape index (κ3) is 1.67. The van der Waals surface area contributed by atoms with Gasteiger partial charge >= 0.3 is 0 Å². The Labute approximate surface area is 114 Å². The van der Waals surface area contributed by atoms with Gasteiger partial charge in [-0.15, -0.1) is 11.6 Å². The van der Waals surface area contributed by atoms with E-state index in [1.54, 1.807) is 0 Å². The number of fused-ring (bicyclic) bond motifs is 1. The highest BCUT2D eigenvalue weighted by atomic mass is 35.5. The first-order valence-electron chi connectivity index (χ1n) is 6.80. The second-order valence-corrected chi connectivity index (χ2v) is 8.50. The normalized spacial score (nSPS) is 44.7. The molecule has 6 heteroatoms. The van der Waals surface area contributed by atoms with E-state index < -0.39 is 14.5 Å². The Hall–Kier alpha value is 0.160. The SMILES string of the molecule is O=S1(=O)[C@@H](Cl)[C@]2(N3CCOCC3)CCCCC[C@@H]21. The molecule has 0 radical (unpaired) electrons. The Balaban J connectivity index is 1.94. The van der Waals surface area contributed by atoms with Gasteiger partial charge in [-0.25, -0.2) is 8.42 Å². The lowest BCUT2D eigenvalue weighted by atomic mass is 9.87. The second kappa shape index (κ2) is 4.62. The molecule has 0 spiro atoms. The predicted molar refractivity (Wildman–Crippen MR) is 70.6 cm³/mol. The maximum atomic E-state index is 12.2. The van der Waals surface area contributed by atoms with Crippen LogP contribution in [-0.2, 0) is 14.6 Å². The molecule has 0 amide bonds. The summed E-state index contributed by atoms with van der Waals surface area (Å²) in [5.74, 6) is 0. The minimum absolute atomic E-state index is 0.243. The maximum Gasteiger partial charge on any atom is 0.173 e. The molecular formula is C12H20ClNO3S. The van der Waals surface area contributed by atoms with Crippen LogP contribution in [0, 0.1) is 0 Å². The van der Waals surface area contributed by atoms with E-state index >= 15 is 0 Å². The van der Waals surface area contributed by atoms with Gasteiger partial charge in [-0.3, -0.25) is 4.90 Å². The van der Waals surface area contributed by atoms with Gasteiger partial charge in [-0.05, 0) is 12.8 Å². The fraction of sp³-hybridized carbons (Fsp3) is 1.00. The van der Waals surface area contributed by atoms with Crippen molar-refractivity contribution in [2.75, 3.05) is 26.3 Å². The first kappa shape index (κ1) is 13.2. The first-order valence-corrected chi connectivity index (χ1v) is 8.84. The quantitative estimate of drug-likeness (QED) is 0.685. The Morgan fingerprint density at radius 3 is 2.61 bits per heavy atom. The van der Waals surface area contributed by atoms with Gasteiger partial charge in [-0.2, -0.15) is 0 Å². The van der Waals surface area contributed by atoms with Crippen LogP contribution in [0.15, 0.2) is 0 Å². The van der Waals surface area contributed by atoms with Crippen LogP contribution in [0.25, 0.3) is 0 Å². The van der Waals surface area contributed by atoms with E-state index in [2.05, 4.69) is 4.90 Å². The molecule has 1 saturated carbocycles. The number of nitrogens with zero attached hydrogens (tertiary/aromatic N) is 1. The third-order valence-corrected chi connectivity index (χ3v) is 8.32. The Morgan fingerprint density at radius 2 is 1.89 bits per heavy atom. The number of hydrogen-bond acceptors (Lipinski definition) is 4. The smallest absolute Gasteiger partial charge is 0.173 e. The van der Waals surface area contributed by atoms with Gasteiger partial charge in [0.05, 0.1) is 24.0 Å². The summed E-state index contributed by atoms with van der Waals surface area (Å²) in [7, 11) is -3.11. The Morgan fingerprint density at radius 1 is 1.17 bits per heavy atom. The van der Waals surface area contributed by atoms with Crippen LogP contribution in [0.1, 0.15) is 32.1 Å². The van der Waals surface area contributed by atoms with E-state index in [0.29, 0.717) is 13.2 Å². The van der Waals surface area contributed by atoms with E-state index in [1.807, 2.05) is 0 Å². The molecule has 104 valence electrons. The summed E-state index contributed by atoms with van der Waals surface area (Å²) in [6.45, 7) is 3.01. The molecule has 1 aliphatic carbocycles.